The van der Waals surface area contributed by atoms with Gasteiger partial charge in [0.05, 0.1) is 0 Å². The molecule has 0 aliphatic heterocycles. The summed E-state index contributed by atoms with van der Waals surface area (Å²) in [6.07, 6.45) is 23.6. The molecule has 0 atom stereocenters. The average Bonchev–Trinajstić information content (AvgIpc) is 3.52. The van der Waals surface area contributed by atoms with E-state index in [0.29, 0.717) is 24.8 Å². The van der Waals surface area contributed by atoms with Crippen LogP contribution in [-0.4, -0.2) is 35.3 Å². The third kappa shape index (κ3) is 14.4. The summed E-state index contributed by atoms with van der Waals surface area (Å²) >= 11 is 0. The fourth-order valence-corrected chi connectivity index (χ4v) is 3.42. The lowest BCUT2D eigenvalue weighted by Gasteiger charge is -2.25. The fraction of sp³-hybridized carbons (Fsp3) is 0.769. The predicted molar refractivity (Wildman–Crippen MR) is 127 cm³/mol. The van der Waals surface area contributed by atoms with E-state index in [0.717, 1.165) is 57.9 Å². The molecule has 30 heavy (non-hydrogen) atoms. The van der Waals surface area contributed by atoms with Gasteiger partial charge in [0.15, 0.2) is 0 Å². The lowest BCUT2D eigenvalue weighted by Crippen LogP contribution is -2.36. The van der Waals surface area contributed by atoms with Gasteiger partial charge in [0, 0.05) is 31.5 Å². The topological polar surface area (TPSA) is 49.4 Å². The summed E-state index contributed by atoms with van der Waals surface area (Å²) in [5.74, 6) is 0.507. The maximum absolute atomic E-state index is 12.4. The zero-order valence-corrected chi connectivity index (χ0v) is 19.8. The Morgan fingerprint density at radius 3 is 2.10 bits per heavy atom. The van der Waals surface area contributed by atoms with Crippen LogP contribution in [0.25, 0.3) is 0 Å². The Kier molecular flexibility index (Phi) is 15.1. The van der Waals surface area contributed by atoms with Gasteiger partial charge in [-0.05, 0) is 71.6 Å². The van der Waals surface area contributed by atoms with Crippen LogP contribution in [0, 0.1) is 0 Å². The van der Waals surface area contributed by atoms with Crippen molar-refractivity contribution in [3.63, 3.8) is 0 Å². The molecule has 1 aliphatic carbocycles. The minimum Gasteiger partial charge on any atom is -0.353 e. The van der Waals surface area contributed by atoms with E-state index in [1.54, 1.807) is 0 Å². The van der Waals surface area contributed by atoms with Crippen molar-refractivity contribution in [3.05, 3.63) is 24.3 Å². The Labute approximate surface area is 185 Å². The van der Waals surface area contributed by atoms with Crippen molar-refractivity contribution in [2.24, 2.45) is 0 Å². The van der Waals surface area contributed by atoms with Crippen molar-refractivity contribution in [1.82, 2.24) is 10.2 Å². The number of nitrogens with zero attached hydrogens (tertiary/aromatic N) is 1. The van der Waals surface area contributed by atoms with Gasteiger partial charge in [0.1, 0.15) is 0 Å². The average molecular weight is 419 g/mol. The first-order valence-electron chi connectivity index (χ1n) is 12.4. The first-order chi connectivity index (χ1) is 14.5. The molecule has 0 radical (unpaired) electrons. The standard InChI is InChI=1S/C26H46N2O2/c1-4-5-6-16-19-26(30)28(23(2)3)22-17-14-12-10-8-7-9-11-13-15-18-25(29)27-24-20-21-24/h9,11,14,17,23-24H,4-8,10,12-13,15-16,18-22H2,1-3H3,(H,27,29). The molecule has 1 aliphatic rings. The van der Waals surface area contributed by atoms with Gasteiger partial charge in [0.2, 0.25) is 11.8 Å². The maximum atomic E-state index is 12.4. The summed E-state index contributed by atoms with van der Waals surface area (Å²) in [6.45, 7) is 7.13. The molecule has 0 spiro atoms. The van der Waals surface area contributed by atoms with Gasteiger partial charge in [-0.1, -0.05) is 50.5 Å². The molecule has 0 heterocycles. The van der Waals surface area contributed by atoms with Gasteiger partial charge in [-0.2, -0.15) is 0 Å². The van der Waals surface area contributed by atoms with Gasteiger partial charge in [-0.3, -0.25) is 9.59 Å². The van der Waals surface area contributed by atoms with Crippen LogP contribution in [0.4, 0.5) is 0 Å². The zero-order valence-electron chi connectivity index (χ0n) is 19.8. The van der Waals surface area contributed by atoms with E-state index in [-0.39, 0.29) is 11.9 Å². The molecule has 0 aromatic rings. The minimum atomic E-state index is 0.215. The van der Waals surface area contributed by atoms with Crippen LogP contribution in [0.2, 0.25) is 0 Å². The summed E-state index contributed by atoms with van der Waals surface area (Å²) in [5, 5.41) is 3.03. The fourth-order valence-electron chi connectivity index (χ4n) is 3.42. The molecule has 1 saturated carbocycles. The SMILES string of the molecule is CCCCCCC(=O)N(CC=CCCCCC=CCCCC(=O)NC1CC1)C(C)C. The largest absolute Gasteiger partial charge is 0.353 e. The Hall–Kier alpha value is -1.58. The van der Waals surface area contributed by atoms with Crippen molar-refractivity contribution in [2.45, 2.75) is 123 Å². The van der Waals surface area contributed by atoms with E-state index in [4.69, 9.17) is 0 Å². The highest BCUT2D eigenvalue weighted by Crippen LogP contribution is 2.18. The van der Waals surface area contributed by atoms with E-state index in [2.05, 4.69) is 50.4 Å². The number of allylic oxidation sites excluding steroid dienone is 3. The van der Waals surface area contributed by atoms with Crippen LogP contribution in [0.3, 0.4) is 0 Å². The molecule has 0 saturated heterocycles. The van der Waals surface area contributed by atoms with Crippen molar-refractivity contribution >= 4 is 11.8 Å². The zero-order chi connectivity index (χ0) is 22.0. The summed E-state index contributed by atoms with van der Waals surface area (Å²) in [5.41, 5.74) is 0. The number of carbonyl (C=O) groups is 2. The van der Waals surface area contributed by atoms with Crippen LogP contribution in [0.5, 0.6) is 0 Å². The summed E-state index contributed by atoms with van der Waals surface area (Å²) < 4.78 is 0. The number of unbranched alkanes of at least 4 members (excludes halogenated alkanes) is 7. The van der Waals surface area contributed by atoms with Crippen molar-refractivity contribution in [3.8, 4) is 0 Å². The van der Waals surface area contributed by atoms with Crippen LogP contribution in [0.15, 0.2) is 24.3 Å². The third-order valence-corrected chi connectivity index (χ3v) is 5.53. The summed E-state index contributed by atoms with van der Waals surface area (Å²) in [7, 11) is 0. The highest BCUT2D eigenvalue weighted by Gasteiger charge is 2.22. The molecule has 0 aromatic heterocycles. The highest BCUT2D eigenvalue weighted by atomic mass is 16.2. The molecule has 1 fully saturated rings. The third-order valence-electron chi connectivity index (χ3n) is 5.53. The van der Waals surface area contributed by atoms with Crippen molar-refractivity contribution in [1.29, 1.82) is 0 Å². The van der Waals surface area contributed by atoms with Crippen molar-refractivity contribution in [2.75, 3.05) is 6.54 Å². The van der Waals surface area contributed by atoms with Crippen LogP contribution in [-0.2, 0) is 9.59 Å². The van der Waals surface area contributed by atoms with Crippen LogP contribution in [0.1, 0.15) is 111 Å². The number of hydrogen-bond acceptors (Lipinski definition) is 2. The lowest BCUT2D eigenvalue weighted by molar-refractivity contribution is -0.132. The van der Waals surface area contributed by atoms with Gasteiger partial charge < -0.3 is 10.2 Å². The Morgan fingerprint density at radius 1 is 0.867 bits per heavy atom. The molecule has 1 N–H and O–H groups in total. The molecule has 4 heteroatoms. The monoisotopic (exact) mass is 418 g/mol. The van der Waals surface area contributed by atoms with Crippen molar-refractivity contribution < 1.29 is 9.59 Å². The number of nitrogens with one attached hydrogen (secondary N) is 1. The van der Waals surface area contributed by atoms with Gasteiger partial charge >= 0.3 is 0 Å². The Balaban J connectivity index is 2.01. The smallest absolute Gasteiger partial charge is 0.223 e. The Bertz CT molecular complexity index is 521. The van der Waals surface area contributed by atoms with Crippen LogP contribution < -0.4 is 5.32 Å². The maximum Gasteiger partial charge on any atom is 0.223 e. The van der Waals surface area contributed by atoms with E-state index in [1.807, 2.05) is 4.90 Å². The molecule has 0 unspecified atom stereocenters. The predicted octanol–water partition coefficient (Wildman–Crippen LogP) is 6.32. The molecular formula is C26H46N2O2. The molecular weight excluding hydrogens is 372 g/mol. The van der Waals surface area contributed by atoms with Gasteiger partial charge in [-0.15, -0.1) is 0 Å². The summed E-state index contributed by atoms with van der Waals surface area (Å²) in [6, 6.07) is 0.741. The first kappa shape index (κ1) is 26.5. The van der Waals surface area contributed by atoms with E-state index < -0.39 is 0 Å². The molecule has 0 bridgehead atoms. The number of rotatable bonds is 18. The van der Waals surface area contributed by atoms with Crippen LogP contribution >= 0.6 is 0 Å². The van der Waals surface area contributed by atoms with Gasteiger partial charge in [0.25, 0.3) is 0 Å². The normalized spacial score (nSPS) is 14.1. The molecule has 4 nitrogen and oxygen atoms in total. The number of carbonyl (C=O) groups excluding carboxylic acids is 2. The van der Waals surface area contributed by atoms with E-state index in [9.17, 15) is 9.59 Å². The first-order valence-corrected chi connectivity index (χ1v) is 12.4. The summed E-state index contributed by atoms with van der Waals surface area (Å²) in [4.78, 5) is 26.0. The second kappa shape index (κ2) is 17.1. The quantitative estimate of drug-likeness (QED) is 0.209. The lowest BCUT2D eigenvalue weighted by atomic mass is 10.1. The minimum absolute atomic E-state index is 0.215. The van der Waals surface area contributed by atoms with E-state index >= 15 is 0 Å². The second-order valence-corrected chi connectivity index (χ2v) is 8.91. The number of hydrogen-bond donors (Lipinski definition) is 1. The van der Waals surface area contributed by atoms with E-state index in [1.165, 1.54) is 25.7 Å². The highest BCUT2D eigenvalue weighted by molar-refractivity contribution is 5.76. The molecule has 172 valence electrons. The number of amides is 2. The van der Waals surface area contributed by atoms with Gasteiger partial charge in [-0.25, -0.2) is 0 Å². The Morgan fingerprint density at radius 2 is 1.50 bits per heavy atom. The molecule has 2 amide bonds. The molecule has 1 rings (SSSR count). The second-order valence-electron chi connectivity index (χ2n) is 8.91. The molecule has 0 aromatic carbocycles.